The molecule has 6 nitrogen and oxygen atoms in total. The van der Waals surface area contributed by atoms with E-state index in [0.717, 1.165) is 17.0 Å². The molecule has 4 rings (SSSR count). The summed E-state index contributed by atoms with van der Waals surface area (Å²) in [5, 5.41) is 0. The van der Waals surface area contributed by atoms with Gasteiger partial charge in [-0.1, -0.05) is 30.3 Å². The maximum atomic E-state index is 13.5. The molecule has 0 aromatic heterocycles. The number of imide groups is 1. The SMILES string of the molecule is CC1CN(C2=C(c3ccccc3)C(=O)N(c3ccc(OC(F)(F)F)cc3)C2=O)CC(C)O1. The number of anilines is 1. The van der Waals surface area contributed by atoms with Crippen LogP contribution in [0.4, 0.5) is 18.9 Å². The summed E-state index contributed by atoms with van der Waals surface area (Å²) in [7, 11) is 0. The average molecular weight is 446 g/mol. The fraction of sp³-hybridized carbons (Fsp3) is 0.304. The molecule has 0 radical (unpaired) electrons. The largest absolute Gasteiger partial charge is 0.573 e. The lowest BCUT2D eigenvalue weighted by molar-refractivity contribution is -0.274. The van der Waals surface area contributed by atoms with Crippen LogP contribution in [0.5, 0.6) is 5.75 Å². The first-order valence-corrected chi connectivity index (χ1v) is 10.1. The van der Waals surface area contributed by atoms with Crippen molar-refractivity contribution in [3.63, 3.8) is 0 Å². The Balaban J connectivity index is 1.72. The van der Waals surface area contributed by atoms with Crippen LogP contribution in [-0.4, -0.2) is 48.4 Å². The van der Waals surface area contributed by atoms with Crippen LogP contribution < -0.4 is 9.64 Å². The third kappa shape index (κ3) is 4.34. The summed E-state index contributed by atoms with van der Waals surface area (Å²) in [5.74, 6) is -1.50. The van der Waals surface area contributed by atoms with Crippen LogP contribution >= 0.6 is 0 Å². The highest BCUT2D eigenvalue weighted by molar-refractivity contribution is 6.45. The summed E-state index contributed by atoms with van der Waals surface area (Å²) in [6.45, 7) is 4.65. The van der Waals surface area contributed by atoms with E-state index in [-0.39, 0.29) is 29.2 Å². The third-order valence-corrected chi connectivity index (χ3v) is 5.19. The van der Waals surface area contributed by atoms with Crippen LogP contribution in [-0.2, 0) is 14.3 Å². The number of carbonyl (C=O) groups excluding carboxylic acids is 2. The van der Waals surface area contributed by atoms with Gasteiger partial charge in [0, 0.05) is 13.1 Å². The van der Waals surface area contributed by atoms with Crippen LogP contribution in [0.3, 0.4) is 0 Å². The number of amides is 2. The lowest BCUT2D eigenvalue weighted by atomic mass is 10.0. The summed E-state index contributed by atoms with van der Waals surface area (Å²) in [4.78, 5) is 29.7. The quantitative estimate of drug-likeness (QED) is 0.665. The number of carbonyl (C=O) groups is 2. The Bertz CT molecular complexity index is 1040. The molecular formula is C23H21F3N2O4. The van der Waals surface area contributed by atoms with E-state index in [1.807, 2.05) is 18.7 Å². The highest BCUT2D eigenvalue weighted by Gasteiger charge is 2.44. The molecule has 2 unspecified atom stereocenters. The van der Waals surface area contributed by atoms with Gasteiger partial charge in [-0.05, 0) is 43.7 Å². The van der Waals surface area contributed by atoms with E-state index in [2.05, 4.69) is 4.74 Å². The second-order valence-corrected chi connectivity index (χ2v) is 7.74. The number of halogens is 3. The molecule has 0 aliphatic carbocycles. The van der Waals surface area contributed by atoms with E-state index in [9.17, 15) is 22.8 Å². The third-order valence-electron chi connectivity index (χ3n) is 5.19. The van der Waals surface area contributed by atoms with Crippen molar-refractivity contribution in [3.05, 3.63) is 65.9 Å². The number of rotatable bonds is 4. The second kappa shape index (κ2) is 8.31. The minimum absolute atomic E-state index is 0.140. The van der Waals surface area contributed by atoms with Crippen LogP contribution in [0.1, 0.15) is 19.4 Å². The lowest BCUT2D eigenvalue weighted by Gasteiger charge is -2.37. The predicted octanol–water partition coefficient (Wildman–Crippen LogP) is 3.98. The van der Waals surface area contributed by atoms with Gasteiger partial charge in [0.25, 0.3) is 11.8 Å². The van der Waals surface area contributed by atoms with E-state index in [1.54, 1.807) is 30.3 Å². The van der Waals surface area contributed by atoms with Crippen LogP contribution in [0, 0.1) is 0 Å². The Morgan fingerprint density at radius 1 is 0.906 bits per heavy atom. The normalized spacial score (nSPS) is 22.0. The number of nitrogens with zero attached hydrogens (tertiary/aromatic N) is 2. The molecule has 1 fully saturated rings. The molecule has 2 aromatic carbocycles. The van der Waals surface area contributed by atoms with Crippen molar-refractivity contribution in [1.29, 1.82) is 0 Å². The monoisotopic (exact) mass is 446 g/mol. The minimum Gasteiger partial charge on any atom is -0.406 e. The Labute approximate surface area is 182 Å². The van der Waals surface area contributed by atoms with Gasteiger partial charge in [-0.15, -0.1) is 13.2 Å². The Morgan fingerprint density at radius 3 is 2.06 bits per heavy atom. The second-order valence-electron chi connectivity index (χ2n) is 7.74. The van der Waals surface area contributed by atoms with Gasteiger partial charge in [0.05, 0.1) is 23.5 Å². The molecule has 2 aliphatic heterocycles. The van der Waals surface area contributed by atoms with Gasteiger partial charge in [-0.25, -0.2) is 4.90 Å². The molecular weight excluding hydrogens is 425 g/mol. The van der Waals surface area contributed by atoms with E-state index in [0.29, 0.717) is 18.7 Å². The van der Waals surface area contributed by atoms with Gasteiger partial charge in [-0.3, -0.25) is 9.59 Å². The number of hydrogen-bond acceptors (Lipinski definition) is 5. The number of hydrogen-bond donors (Lipinski definition) is 0. The van der Waals surface area contributed by atoms with Crippen LogP contribution in [0.15, 0.2) is 60.3 Å². The van der Waals surface area contributed by atoms with Gasteiger partial charge >= 0.3 is 6.36 Å². The van der Waals surface area contributed by atoms with Crippen molar-refractivity contribution in [3.8, 4) is 5.75 Å². The fourth-order valence-corrected chi connectivity index (χ4v) is 4.07. The van der Waals surface area contributed by atoms with E-state index < -0.39 is 23.9 Å². The molecule has 32 heavy (non-hydrogen) atoms. The van der Waals surface area contributed by atoms with Crippen molar-refractivity contribution in [2.45, 2.75) is 32.4 Å². The van der Waals surface area contributed by atoms with Crippen LogP contribution in [0.2, 0.25) is 0 Å². The maximum absolute atomic E-state index is 13.5. The molecule has 0 saturated carbocycles. The minimum atomic E-state index is -4.83. The van der Waals surface area contributed by atoms with Gasteiger partial charge in [0.15, 0.2) is 0 Å². The number of alkyl halides is 3. The van der Waals surface area contributed by atoms with Crippen molar-refractivity contribution in [2.75, 3.05) is 18.0 Å². The molecule has 2 heterocycles. The van der Waals surface area contributed by atoms with E-state index >= 15 is 0 Å². The molecule has 2 atom stereocenters. The van der Waals surface area contributed by atoms with Crippen LogP contribution in [0.25, 0.3) is 5.57 Å². The number of morpholine rings is 1. The number of benzene rings is 2. The van der Waals surface area contributed by atoms with Crippen molar-refractivity contribution < 1.29 is 32.2 Å². The summed E-state index contributed by atoms with van der Waals surface area (Å²) in [6, 6.07) is 13.5. The predicted molar refractivity (Wildman–Crippen MR) is 111 cm³/mol. The van der Waals surface area contributed by atoms with Gasteiger partial charge in [0.1, 0.15) is 11.4 Å². The Hall–Kier alpha value is -3.33. The molecule has 0 spiro atoms. The first-order valence-electron chi connectivity index (χ1n) is 10.1. The maximum Gasteiger partial charge on any atom is 0.573 e. The number of ether oxygens (including phenoxy) is 2. The zero-order chi connectivity index (χ0) is 23.0. The summed E-state index contributed by atoms with van der Waals surface area (Å²) >= 11 is 0. The van der Waals surface area contributed by atoms with Crippen molar-refractivity contribution >= 4 is 23.1 Å². The first kappa shape index (κ1) is 21.9. The highest BCUT2D eigenvalue weighted by atomic mass is 19.4. The molecule has 2 aliphatic rings. The average Bonchev–Trinajstić information content (AvgIpc) is 2.98. The van der Waals surface area contributed by atoms with Crippen molar-refractivity contribution in [1.82, 2.24) is 4.90 Å². The highest BCUT2D eigenvalue weighted by Crippen LogP contribution is 2.36. The summed E-state index contributed by atoms with van der Waals surface area (Å²) in [5.41, 5.74) is 1.27. The first-order chi connectivity index (χ1) is 15.1. The summed E-state index contributed by atoms with van der Waals surface area (Å²) < 4.78 is 47.0. The van der Waals surface area contributed by atoms with E-state index in [1.165, 1.54) is 12.1 Å². The van der Waals surface area contributed by atoms with Gasteiger partial charge < -0.3 is 14.4 Å². The van der Waals surface area contributed by atoms with Gasteiger partial charge in [0.2, 0.25) is 0 Å². The molecule has 1 saturated heterocycles. The fourth-order valence-electron chi connectivity index (χ4n) is 4.07. The van der Waals surface area contributed by atoms with E-state index in [4.69, 9.17) is 4.74 Å². The Kier molecular flexibility index (Phi) is 5.68. The topological polar surface area (TPSA) is 59.1 Å². The van der Waals surface area contributed by atoms with Gasteiger partial charge in [-0.2, -0.15) is 0 Å². The molecule has 2 aromatic rings. The lowest BCUT2D eigenvalue weighted by Crippen LogP contribution is -2.47. The standard InChI is InChI=1S/C23H21F3N2O4/c1-14-12-27(13-15(2)31-14)20-19(16-6-4-3-5-7-16)21(29)28(22(20)30)17-8-10-18(11-9-17)32-23(24,25)26/h3-11,14-15H,12-13H2,1-2H3. The summed E-state index contributed by atoms with van der Waals surface area (Å²) in [6.07, 6.45) is -5.11. The zero-order valence-electron chi connectivity index (χ0n) is 17.4. The van der Waals surface area contributed by atoms with Crippen molar-refractivity contribution in [2.24, 2.45) is 0 Å². The zero-order valence-corrected chi connectivity index (χ0v) is 17.4. The molecule has 9 heteroatoms. The molecule has 0 bridgehead atoms. The smallest absolute Gasteiger partial charge is 0.406 e. The molecule has 2 amide bonds. The Morgan fingerprint density at radius 2 is 1.50 bits per heavy atom. The molecule has 0 N–H and O–H groups in total. The molecule has 168 valence electrons.